The number of halogens is 1. The zero-order chi connectivity index (χ0) is 16.1. The van der Waals surface area contributed by atoms with Crippen LogP contribution in [0.5, 0.6) is 0 Å². The van der Waals surface area contributed by atoms with Gasteiger partial charge in [0.05, 0.1) is 23.1 Å². The topological polar surface area (TPSA) is 72.9 Å². The Kier molecular flexibility index (Phi) is 5.74. The molecular formula is C16H21BrN4O. The van der Waals surface area contributed by atoms with E-state index in [1.54, 1.807) is 6.20 Å². The number of hydrogen-bond donors (Lipinski definition) is 2. The lowest BCUT2D eigenvalue weighted by Gasteiger charge is -2.11. The van der Waals surface area contributed by atoms with Gasteiger partial charge in [0.15, 0.2) is 0 Å². The molecule has 2 rings (SSSR count). The summed E-state index contributed by atoms with van der Waals surface area (Å²) in [5.74, 6) is 0.163. The minimum absolute atomic E-state index is 0.0967. The van der Waals surface area contributed by atoms with Crippen molar-refractivity contribution in [3.8, 4) is 5.69 Å². The van der Waals surface area contributed by atoms with Crippen LogP contribution in [-0.4, -0.2) is 28.8 Å². The Labute approximate surface area is 139 Å². The molecular weight excluding hydrogens is 344 g/mol. The molecule has 0 fully saturated rings. The number of carbonyl (C=O) groups is 1. The van der Waals surface area contributed by atoms with E-state index in [4.69, 9.17) is 5.73 Å². The fourth-order valence-corrected chi connectivity index (χ4v) is 2.42. The van der Waals surface area contributed by atoms with Crippen LogP contribution in [-0.2, 0) is 6.42 Å². The molecule has 5 nitrogen and oxygen atoms in total. The number of aromatic nitrogens is 2. The molecule has 1 unspecified atom stereocenters. The van der Waals surface area contributed by atoms with Crippen molar-refractivity contribution < 1.29 is 4.79 Å². The van der Waals surface area contributed by atoms with Crippen molar-refractivity contribution in [2.24, 2.45) is 11.7 Å². The molecule has 0 aliphatic heterocycles. The fourth-order valence-electron chi connectivity index (χ4n) is 2.15. The lowest BCUT2D eigenvalue weighted by Crippen LogP contribution is -2.31. The average molecular weight is 365 g/mol. The number of benzene rings is 1. The number of rotatable bonds is 6. The monoisotopic (exact) mass is 364 g/mol. The van der Waals surface area contributed by atoms with Crippen molar-refractivity contribution in [1.82, 2.24) is 15.1 Å². The van der Waals surface area contributed by atoms with Gasteiger partial charge in [-0.25, -0.2) is 4.68 Å². The maximum absolute atomic E-state index is 12.3. The number of carbonyl (C=O) groups excluding carboxylic acids is 1. The second kappa shape index (κ2) is 7.56. The molecule has 0 bridgehead atoms. The molecule has 0 spiro atoms. The minimum Gasteiger partial charge on any atom is -0.352 e. The molecule has 0 aliphatic rings. The van der Waals surface area contributed by atoms with Crippen LogP contribution in [0.4, 0.5) is 0 Å². The average Bonchev–Trinajstić information content (AvgIpc) is 2.96. The second-order valence-corrected chi connectivity index (χ2v) is 6.21. The van der Waals surface area contributed by atoms with E-state index in [0.717, 1.165) is 22.3 Å². The summed E-state index contributed by atoms with van der Waals surface area (Å²) in [5.41, 5.74) is 8.04. The molecule has 1 amide bonds. The highest BCUT2D eigenvalue weighted by molar-refractivity contribution is 9.10. The summed E-state index contributed by atoms with van der Waals surface area (Å²) >= 11 is 3.42. The van der Waals surface area contributed by atoms with Gasteiger partial charge in [0, 0.05) is 11.0 Å². The summed E-state index contributed by atoms with van der Waals surface area (Å²) in [6, 6.07) is 7.85. The SMILES string of the molecule is CCc1c(C(=O)NCC(C)CN)cnn1-c1ccc(Br)cc1. The van der Waals surface area contributed by atoms with E-state index in [2.05, 4.69) is 26.3 Å². The van der Waals surface area contributed by atoms with Crippen LogP contribution < -0.4 is 11.1 Å². The molecule has 0 saturated carbocycles. The lowest BCUT2D eigenvalue weighted by atomic mass is 10.1. The molecule has 1 aromatic carbocycles. The van der Waals surface area contributed by atoms with Crippen molar-refractivity contribution in [3.63, 3.8) is 0 Å². The molecule has 0 radical (unpaired) electrons. The number of nitrogens with zero attached hydrogens (tertiary/aromatic N) is 2. The van der Waals surface area contributed by atoms with Crippen LogP contribution in [0.3, 0.4) is 0 Å². The summed E-state index contributed by atoms with van der Waals surface area (Å²) in [6.07, 6.45) is 2.36. The number of nitrogens with one attached hydrogen (secondary N) is 1. The summed E-state index contributed by atoms with van der Waals surface area (Å²) in [5, 5.41) is 7.29. The third-order valence-electron chi connectivity index (χ3n) is 3.53. The summed E-state index contributed by atoms with van der Waals surface area (Å²) in [4.78, 5) is 12.3. The maximum atomic E-state index is 12.3. The molecule has 0 aliphatic carbocycles. The van der Waals surface area contributed by atoms with Crippen LogP contribution >= 0.6 is 15.9 Å². The van der Waals surface area contributed by atoms with Crippen molar-refractivity contribution in [2.45, 2.75) is 20.3 Å². The van der Waals surface area contributed by atoms with Gasteiger partial charge < -0.3 is 11.1 Å². The first-order chi connectivity index (χ1) is 10.6. The molecule has 1 aromatic heterocycles. The van der Waals surface area contributed by atoms with Gasteiger partial charge >= 0.3 is 0 Å². The van der Waals surface area contributed by atoms with Crippen molar-refractivity contribution in [1.29, 1.82) is 0 Å². The van der Waals surface area contributed by atoms with E-state index in [1.807, 2.05) is 42.8 Å². The number of hydrogen-bond acceptors (Lipinski definition) is 3. The van der Waals surface area contributed by atoms with Gasteiger partial charge in [-0.1, -0.05) is 29.8 Å². The van der Waals surface area contributed by atoms with Gasteiger partial charge in [-0.3, -0.25) is 4.79 Å². The summed E-state index contributed by atoms with van der Waals surface area (Å²) in [6.45, 7) is 5.15. The van der Waals surface area contributed by atoms with Crippen molar-refractivity contribution in [2.75, 3.05) is 13.1 Å². The summed E-state index contributed by atoms with van der Waals surface area (Å²) < 4.78 is 2.82. The first kappa shape index (κ1) is 16.7. The summed E-state index contributed by atoms with van der Waals surface area (Å²) in [7, 11) is 0. The first-order valence-corrected chi connectivity index (χ1v) is 8.17. The van der Waals surface area contributed by atoms with E-state index >= 15 is 0 Å². The van der Waals surface area contributed by atoms with E-state index in [0.29, 0.717) is 18.7 Å². The molecule has 22 heavy (non-hydrogen) atoms. The van der Waals surface area contributed by atoms with Gasteiger partial charge in [0.25, 0.3) is 5.91 Å². The van der Waals surface area contributed by atoms with Gasteiger partial charge in [-0.2, -0.15) is 5.10 Å². The van der Waals surface area contributed by atoms with Crippen molar-refractivity contribution in [3.05, 3.63) is 46.2 Å². The first-order valence-electron chi connectivity index (χ1n) is 7.37. The highest BCUT2D eigenvalue weighted by Gasteiger charge is 2.17. The Bertz CT molecular complexity index is 636. The van der Waals surface area contributed by atoms with Crippen LogP contribution in [0.2, 0.25) is 0 Å². The molecule has 118 valence electrons. The van der Waals surface area contributed by atoms with E-state index in [1.165, 1.54) is 0 Å². The van der Waals surface area contributed by atoms with Crippen LogP contribution in [0.15, 0.2) is 34.9 Å². The zero-order valence-corrected chi connectivity index (χ0v) is 14.4. The Morgan fingerprint density at radius 1 is 1.41 bits per heavy atom. The van der Waals surface area contributed by atoms with Gasteiger partial charge in [0.1, 0.15) is 0 Å². The van der Waals surface area contributed by atoms with Crippen LogP contribution in [0, 0.1) is 5.92 Å². The predicted octanol–water partition coefficient (Wildman–Crippen LogP) is 2.52. The fraction of sp³-hybridized carbons (Fsp3) is 0.375. The van der Waals surface area contributed by atoms with Crippen LogP contribution in [0.25, 0.3) is 5.69 Å². The highest BCUT2D eigenvalue weighted by atomic mass is 79.9. The molecule has 2 aromatic rings. The Balaban J connectivity index is 2.23. The molecule has 6 heteroatoms. The van der Waals surface area contributed by atoms with Gasteiger partial charge in [0.2, 0.25) is 0 Å². The Hall–Kier alpha value is -1.66. The number of nitrogens with two attached hydrogens (primary N) is 1. The van der Waals surface area contributed by atoms with Crippen molar-refractivity contribution >= 4 is 21.8 Å². The Morgan fingerprint density at radius 2 is 2.09 bits per heavy atom. The lowest BCUT2D eigenvalue weighted by molar-refractivity contribution is 0.0947. The van der Waals surface area contributed by atoms with E-state index in [-0.39, 0.29) is 11.8 Å². The highest BCUT2D eigenvalue weighted by Crippen LogP contribution is 2.18. The standard InChI is InChI=1S/C16H21BrN4O/c1-3-15-14(16(22)19-9-11(2)8-18)10-20-21(15)13-6-4-12(17)5-7-13/h4-7,10-11H,3,8-9,18H2,1-2H3,(H,19,22). The van der Waals surface area contributed by atoms with Gasteiger partial charge in [-0.15, -0.1) is 0 Å². The Morgan fingerprint density at radius 3 is 2.68 bits per heavy atom. The van der Waals surface area contributed by atoms with E-state index in [9.17, 15) is 4.79 Å². The normalized spacial score (nSPS) is 12.2. The molecule has 0 saturated heterocycles. The smallest absolute Gasteiger partial charge is 0.254 e. The third-order valence-corrected chi connectivity index (χ3v) is 4.06. The quantitative estimate of drug-likeness (QED) is 0.826. The molecule has 1 atom stereocenters. The molecule has 1 heterocycles. The minimum atomic E-state index is -0.0967. The number of amides is 1. The largest absolute Gasteiger partial charge is 0.352 e. The van der Waals surface area contributed by atoms with E-state index < -0.39 is 0 Å². The second-order valence-electron chi connectivity index (χ2n) is 5.30. The van der Waals surface area contributed by atoms with Gasteiger partial charge in [-0.05, 0) is 43.1 Å². The maximum Gasteiger partial charge on any atom is 0.254 e. The zero-order valence-electron chi connectivity index (χ0n) is 12.8. The van der Waals surface area contributed by atoms with Crippen LogP contribution in [0.1, 0.15) is 29.9 Å². The third kappa shape index (κ3) is 3.75. The predicted molar refractivity (Wildman–Crippen MR) is 91.2 cm³/mol. The molecule has 3 N–H and O–H groups in total.